The highest BCUT2D eigenvalue weighted by atomic mass is 19.1. The van der Waals surface area contributed by atoms with E-state index in [4.69, 9.17) is 14.0 Å². The molecule has 3 rings (SSSR count). The van der Waals surface area contributed by atoms with Crippen molar-refractivity contribution in [3.63, 3.8) is 0 Å². The van der Waals surface area contributed by atoms with Gasteiger partial charge in [-0.05, 0) is 72.1 Å². The highest BCUT2D eigenvalue weighted by Crippen LogP contribution is 2.36. The first-order valence-corrected chi connectivity index (χ1v) is 10.1. The monoisotopic (exact) mass is 420 g/mol. The van der Waals surface area contributed by atoms with Gasteiger partial charge in [-0.25, -0.2) is 9.18 Å². The lowest BCUT2D eigenvalue weighted by Crippen LogP contribution is -2.61. The van der Waals surface area contributed by atoms with E-state index < -0.39 is 35.8 Å². The van der Waals surface area contributed by atoms with E-state index in [2.05, 4.69) is 5.32 Å². The quantitative estimate of drug-likeness (QED) is 0.761. The number of hydrogen-bond acceptors (Lipinski definition) is 5. The van der Waals surface area contributed by atoms with E-state index in [1.807, 2.05) is 27.7 Å². The van der Waals surface area contributed by atoms with E-state index >= 15 is 0 Å². The number of halogens is 1. The molecular formula is C21H30BFN2O5. The van der Waals surface area contributed by atoms with Crippen molar-refractivity contribution in [3.8, 4) is 0 Å². The van der Waals surface area contributed by atoms with Crippen LogP contribution in [0.4, 0.5) is 9.18 Å². The Morgan fingerprint density at radius 1 is 1.13 bits per heavy atom. The van der Waals surface area contributed by atoms with Crippen LogP contribution in [0.2, 0.25) is 0 Å². The van der Waals surface area contributed by atoms with Crippen molar-refractivity contribution < 1.29 is 28.0 Å². The van der Waals surface area contributed by atoms with Crippen molar-refractivity contribution in [3.05, 3.63) is 29.6 Å². The Labute approximate surface area is 177 Å². The van der Waals surface area contributed by atoms with Gasteiger partial charge in [0.1, 0.15) is 11.4 Å². The fourth-order valence-electron chi connectivity index (χ4n) is 3.24. The van der Waals surface area contributed by atoms with Crippen molar-refractivity contribution in [2.24, 2.45) is 0 Å². The highest BCUT2D eigenvalue weighted by Gasteiger charge is 2.52. The Kier molecular flexibility index (Phi) is 5.66. The number of amides is 2. The van der Waals surface area contributed by atoms with Gasteiger partial charge in [-0.2, -0.15) is 0 Å². The smallest absolute Gasteiger partial charge is 0.444 e. The van der Waals surface area contributed by atoms with Crippen LogP contribution in [-0.2, 0) is 14.0 Å². The van der Waals surface area contributed by atoms with Crippen LogP contribution in [0.1, 0.15) is 58.8 Å². The van der Waals surface area contributed by atoms with Crippen molar-refractivity contribution >= 4 is 24.6 Å². The number of alkyl carbamates (subject to hydrolysis) is 1. The minimum absolute atomic E-state index is 0.195. The predicted octanol–water partition coefficient (Wildman–Crippen LogP) is 2.47. The zero-order valence-electron chi connectivity index (χ0n) is 18.7. The zero-order valence-corrected chi connectivity index (χ0v) is 18.7. The fourth-order valence-corrected chi connectivity index (χ4v) is 3.24. The molecular weight excluding hydrogens is 390 g/mol. The third-order valence-electron chi connectivity index (χ3n) is 5.58. The Balaban J connectivity index is 1.64. The number of likely N-dealkylation sites (tertiary alicyclic amines) is 1. The zero-order chi connectivity index (χ0) is 22.5. The van der Waals surface area contributed by atoms with E-state index in [1.165, 1.54) is 12.1 Å². The Bertz CT molecular complexity index is 830. The summed E-state index contributed by atoms with van der Waals surface area (Å²) in [5.74, 6) is -0.843. The van der Waals surface area contributed by atoms with Gasteiger partial charge in [-0.3, -0.25) is 4.79 Å². The van der Waals surface area contributed by atoms with Crippen molar-refractivity contribution in [2.45, 2.75) is 71.3 Å². The summed E-state index contributed by atoms with van der Waals surface area (Å²) in [5, 5.41) is 2.73. The van der Waals surface area contributed by atoms with Gasteiger partial charge in [-0.15, -0.1) is 0 Å². The van der Waals surface area contributed by atoms with Gasteiger partial charge in [0, 0.05) is 18.7 Å². The third kappa shape index (κ3) is 4.78. The lowest BCUT2D eigenvalue weighted by Gasteiger charge is -2.39. The first-order chi connectivity index (χ1) is 13.7. The number of carbonyl (C=O) groups excluding carboxylic acids is 2. The van der Waals surface area contributed by atoms with E-state index in [9.17, 15) is 14.0 Å². The maximum absolute atomic E-state index is 14.3. The van der Waals surface area contributed by atoms with Crippen LogP contribution in [0.25, 0.3) is 0 Å². The summed E-state index contributed by atoms with van der Waals surface area (Å²) in [5.41, 5.74) is -1.04. The number of benzene rings is 1. The molecule has 0 unspecified atom stereocenters. The largest absolute Gasteiger partial charge is 0.494 e. The predicted molar refractivity (Wildman–Crippen MR) is 111 cm³/mol. The number of ether oxygens (including phenoxy) is 1. The molecule has 2 heterocycles. The van der Waals surface area contributed by atoms with Gasteiger partial charge in [0.25, 0.3) is 5.91 Å². The molecule has 0 aromatic heterocycles. The second-order valence-electron chi connectivity index (χ2n) is 9.91. The standard InChI is InChI=1S/C21H30BFN2O5/c1-19(2,3)28-18(27)24-16-11-25(12-16)17(26)13-8-14(10-15(23)9-13)22-29-20(4,5)21(6,7)30-22/h8-10,16H,11-12H2,1-7H3,(H,24,27). The Hall–Kier alpha value is -2.13. The van der Waals surface area contributed by atoms with Crippen LogP contribution in [-0.4, -0.2) is 60.0 Å². The molecule has 0 atom stereocenters. The van der Waals surface area contributed by atoms with Crippen LogP contribution in [0, 0.1) is 5.82 Å². The second kappa shape index (κ2) is 7.53. The molecule has 0 radical (unpaired) electrons. The number of carbonyl (C=O) groups is 2. The molecule has 30 heavy (non-hydrogen) atoms. The van der Waals surface area contributed by atoms with E-state index in [-0.39, 0.29) is 17.5 Å². The Morgan fingerprint density at radius 3 is 2.23 bits per heavy atom. The molecule has 2 aliphatic rings. The van der Waals surface area contributed by atoms with Gasteiger partial charge < -0.3 is 24.3 Å². The highest BCUT2D eigenvalue weighted by molar-refractivity contribution is 6.62. The minimum Gasteiger partial charge on any atom is -0.444 e. The molecule has 1 aromatic carbocycles. The molecule has 1 N–H and O–H groups in total. The summed E-state index contributed by atoms with van der Waals surface area (Å²) in [6.07, 6.45) is -0.520. The van der Waals surface area contributed by atoms with Crippen LogP contribution in [0.3, 0.4) is 0 Å². The molecule has 0 bridgehead atoms. The second-order valence-corrected chi connectivity index (χ2v) is 9.91. The molecule has 2 fully saturated rings. The molecule has 2 saturated heterocycles. The lowest BCUT2D eigenvalue weighted by atomic mass is 9.78. The molecule has 0 saturated carbocycles. The number of hydrogen-bond donors (Lipinski definition) is 1. The number of rotatable bonds is 3. The third-order valence-corrected chi connectivity index (χ3v) is 5.58. The topological polar surface area (TPSA) is 77.1 Å². The van der Waals surface area contributed by atoms with Crippen molar-refractivity contribution in [2.75, 3.05) is 13.1 Å². The summed E-state index contributed by atoms with van der Waals surface area (Å²) in [7, 11) is -0.754. The average Bonchev–Trinajstić information content (AvgIpc) is 2.75. The Morgan fingerprint density at radius 2 is 1.70 bits per heavy atom. The molecule has 2 amide bonds. The summed E-state index contributed by atoms with van der Waals surface area (Å²) < 4.78 is 31.4. The van der Waals surface area contributed by atoms with Crippen LogP contribution in [0.5, 0.6) is 0 Å². The van der Waals surface area contributed by atoms with Crippen LogP contribution in [0.15, 0.2) is 18.2 Å². The fraction of sp³-hybridized carbons (Fsp3) is 0.619. The van der Waals surface area contributed by atoms with Crippen molar-refractivity contribution in [1.29, 1.82) is 0 Å². The normalized spacial score (nSPS) is 20.7. The maximum Gasteiger partial charge on any atom is 0.494 e. The van der Waals surface area contributed by atoms with Gasteiger partial charge in [0.2, 0.25) is 0 Å². The molecule has 7 nitrogen and oxygen atoms in total. The van der Waals surface area contributed by atoms with Gasteiger partial charge in [0.15, 0.2) is 0 Å². The van der Waals surface area contributed by atoms with E-state index in [0.29, 0.717) is 18.6 Å². The first-order valence-electron chi connectivity index (χ1n) is 10.1. The van der Waals surface area contributed by atoms with Gasteiger partial charge in [0.05, 0.1) is 17.2 Å². The molecule has 164 valence electrons. The average molecular weight is 420 g/mol. The van der Waals surface area contributed by atoms with Crippen LogP contribution >= 0.6 is 0 Å². The van der Waals surface area contributed by atoms with E-state index in [0.717, 1.165) is 0 Å². The molecule has 1 aromatic rings. The summed E-state index contributed by atoms with van der Waals surface area (Å²) in [4.78, 5) is 26.2. The van der Waals surface area contributed by atoms with Gasteiger partial charge in [-0.1, -0.05) is 0 Å². The van der Waals surface area contributed by atoms with Crippen molar-refractivity contribution in [1.82, 2.24) is 10.2 Å². The summed E-state index contributed by atoms with van der Waals surface area (Å²) in [6.45, 7) is 13.7. The van der Waals surface area contributed by atoms with E-state index in [1.54, 1.807) is 31.7 Å². The molecule has 2 aliphatic heterocycles. The first kappa shape index (κ1) is 22.6. The molecule has 0 aliphatic carbocycles. The lowest BCUT2D eigenvalue weighted by molar-refractivity contribution is 0.00578. The summed E-state index contributed by atoms with van der Waals surface area (Å²) >= 11 is 0. The number of nitrogens with one attached hydrogen (secondary N) is 1. The SMILES string of the molecule is CC(C)(C)OC(=O)NC1CN(C(=O)c2cc(F)cc(B3OC(C)(C)C(C)(C)O3)c2)C1. The minimum atomic E-state index is -0.754. The number of nitrogens with zero attached hydrogens (tertiary/aromatic N) is 1. The van der Waals surface area contributed by atoms with Gasteiger partial charge >= 0.3 is 13.2 Å². The molecule has 9 heteroatoms. The van der Waals surface area contributed by atoms with Crippen LogP contribution < -0.4 is 10.8 Å². The molecule has 0 spiro atoms. The maximum atomic E-state index is 14.3. The summed E-state index contributed by atoms with van der Waals surface area (Å²) in [6, 6.07) is 3.93.